The van der Waals surface area contributed by atoms with Crippen molar-refractivity contribution in [3.8, 4) is 0 Å². The van der Waals surface area contributed by atoms with Crippen molar-refractivity contribution in [1.82, 2.24) is 20.2 Å². The van der Waals surface area contributed by atoms with Gasteiger partial charge in [-0.05, 0) is 44.0 Å². The van der Waals surface area contributed by atoms with E-state index in [2.05, 4.69) is 15.6 Å². The van der Waals surface area contributed by atoms with Crippen molar-refractivity contribution in [3.63, 3.8) is 0 Å². The Kier molecular flexibility index (Phi) is 3.69. The number of nitrogens with one attached hydrogen (secondary N) is 3. The smallest absolute Gasteiger partial charge is 0.326 e. The molecular formula is C17H22N4O2. The number of imidazole rings is 1. The predicted octanol–water partition coefficient (Wildman–Crippen LogP) is 1.54. The normalized spacial score (nSPS) is 22.0. The van der Waals surface area contributed by atoms with E-state index in [0.717, 1.165) is 43.4 Å². The van der Waals surface area contributed by atoms with Crippen molar-refractivity contribution in [2.75, 3.05) is 13.1 Å². The Labute approximate surface area is 134 Å². The molecule has 1 saturated carbocycles. The van der Waals surface area contributed by atoms with E-state index in [1.54, 1.807) is 6.07 Å². The summed E-state index contributed by atoms with van der Waals surface area (Å²) in [5.41, 5.74) is 2.19. The number of rotatable bonds is 3. The summed E-state index contributed by atoms with van der Waals surface area (Å²) in [5.74, 6) is -0.0740. The van der Waals surface area contributed by atoms with Crippen molar-refractivity contribution in [1.29, 1.82) is 0 Å². The van der Waals surface area contributed by atoms with Crippen molar-refractivity contribution in [3.05, 3.63) is 34.2 Å². The summed E-state index contributed by atoms with van der Waals surface area (Å²) in [6.07, 6.45) is 5.44. The number of fused-ring (bicyclic) bond motifs is 1. The van der Waals surface area contributed by atoms with Crippen LogP contribution in [0.2, 0.25) is 0 Å². The van der Waals surface area contributed by atoms with Crippen molar-refractivity contribution < 1.29 is 4.79 Å². The highest BCUT2D eigenvalue weighted by Gasteiger charge is 2.22. The highest BCUT2D eigenvalue weighted by molar-refractivity contribution is 5.97. The maximum Gasteiger partial charge on any atom is 0.326 e. The van der Waals surface area contributed by atoms with Gasteiger partial charge >= 0.3 is 5.69 Å². The van der Waals surface area contributed by atoms with Gasteiger partial charge in [0.25, 0.3) is 5.91 Å². The van der Waals surface area contributed by atoms with Gasteiger partial charge in [-0.2, -0.15) is 0 Å². The second kappa shape index (κ2) is 5.85. The molecule has 1 aliphatic heterocycles. The van der Waals surface area contributed by atoms with Gasteiger partial charge in [-0.25, -0.2) is 4.79 Å². The van der Waals surface area contributed by atoms with Gasteiger partial charge in [-0.15, -0.1) is 0 Å². The van der Waals surface area contributed by atoms with E-state index in [4.69, 9.17) is 0 Å². The van der Waals surface area contributed by atoms with Crippen molar-refractivity contribution >= 4 is 16.9 Å². The number of benzene rings is 1. The molecule has 1 atom stereocenters. The third-order valence-electron chi connectivity index (χ3n) is 5.06. The number of H-pyrrole nitrogens is 1. The Morgan fingerprint density at radius 1 is 1.22 bits per heavy atom. The van der Waals surface area contributed by atoms with Crippen LogP contribution in [0.25, 0.3) is 11.0 Å². The number of nitrogens with zero attached hydrogens (tertiary/aromatic N) is 1. The maximum absolute atomic E-state index is 12.4. The third kappa shape index (κ3) is 2.67. The molecule has 122 valence electrons. The summed E-state index contributed by atoms with van der Waals surface area (Å²) >= 11 is 0. The van der Waals surface area contributed by atoms with Crippen LogP contribution in [0.4, 0.5) is 0 Å². The fraction of sp³-hybridized carbons (Fsp3) is 0.529. The zero-order valence-electron chi connectivity index (χ0n) is 13.1. The highest BCUT2D eigenvalue weighted by Crippen LogP contribution is 2.30. The molecule has 1 aliphatic carbocycles. The van der Waals surface area contributed by atoms with E-state index in [1.807, 2.05) is 16.7 Å². The number of amides is 1. The first-order valence-electron chi connectivity index (χ1n) is 8.48. The number of hydrogen-bond donors (Lipinski definition) is 3. The first-order valence-corrected chi connectivity index (χ1v) is 8.48. The summed E-state index contributed by atoms with van der Waals surface area (Å²) in [4.78, 5) is 27.5. The Morgan fingerprint density at radius 2 is 2.04 bits per heavy atom. The summed E-state index contributed by atoms with van der Waals surface area (Å²) in [5, 5.41) is 6.27. The molecule has 1 amide bonds. The van der Waals surface area contributed by atoms with Gasteiger partial charge in [0.15, 0.2) is 0 Å². The minimum absolute atomic E-state index is 0.0653. The lowest BCUT2D eigenvalue weighted by atomic mass is 10.1. The fourth-order valence-corrected chi connectivity index (χ4v) is 3.84. The van der Waals surface area contributed by atoms with Crippen LogP contribution in [-0.2, 0) is 0 Å². The number of hydrogen-bond acceptors (Lipinski definition) is 3. The molecule has 2 aromatic rings. The number of carbonyl (C=O) groups excluding carboxylic acids is 1. The largest absolute Gasteiger partial charge is 0.348 e. The van der Waals surface area contributed by atoms with Crippen LogP contribution in [0.15, 0.2) is 23.0 Å². The molecule has 0 bridgehead atoms. The standard InChI is InChI=1S/C17H22N4O2/c22-16(19-12-7-8-18-10-12)11-5-6-15-14(9-11)20-17(23)21(15)13-3-1-2-4-13/h5-6,9,12-13,18H,1-4,7-8,10H2,(H,19,22)(H,20,23). The van der Waals surface area contributed by atoms with Crippen molar-refractivity contribution in [2.24, 2.45) is 0 Å². The van der Waals surface area contributed by atoms with Gasteiger partial charge < -0.3 is 15.6 Å². The second-order valence-corrected chi connectivity index (χ2v) is 6.63. The first kappa shape index (κ1) is 14.5. The van der Waals surface area contributed by atoms with E-state index >= 15 is 0 Å². The van der Waals surface area contributed by atoms with Gasteiger partial charge in [0.1, 0.15) is 0 Å². The lowest BCUT2D eigenvalue weighted by Gasteiger charge is -2.12. The first-order chi connectivity index (χ1) is 11.2. The van der Waals surface area contributed by atoms with E-state index in [-0.39, 0.29) is 17.6 Å². The van der Waals surface area contributed by atoms with Gasteiger partial charge in [0.05, 0.1) is 11.0 Å². The van der Waals surface area contributed by atoms with E-state index in [0.29, 0.717) is 11.6 Å². The van der Waals surface area contributed by atoms with Crippen molar-refractivity contribution in [2.45, 2.75) is 44.2 Å². The molecule has 6 nitrogen and oxygen atoms in total. The topological polar surface area (TPSA) is 78.9 Å². The van der Waals surface area contributed by atoms with Crippen LogP contribution in [0, 0.1) is 0 Å². The molecule has 1 saturated heterocycles. The van der Waals surface area contributed by atoms with Crippen LogP contribution < -0.4 is 16.3 Å². The molecule has 3 N–H and O–H groups in total. The minimum atomic E-state index is -0.0740. The zero-order valence-corrected chi connectivity index (χ0v) is 13.1. The third-order valence-corrected chi connectivity index (χ3v) is 5.06. The second-order valence-electron chi connectivity index (χ2n) is 6.63. The SMILES string of the molecule is O=C(NC1CCNC1)c1ccc2c(c1)[nH]c(=O)n2C1CCCC1. The molecule has 1 aromatic carbocycles. The molecule has 2 heterocycles. The highest BCUT2D eigenvalue weighted by atomic mass is 16.2. The number of aromatic nitrogens is 2. The molecule has 4 rings (SSSR count). The van der Waals surface area contributed by atoms with Crippen LogP contribution >= 0.6 is 0 Å². The van der Waals surface area contributed by atoms with Gasteiger partial charge in [-0.3, -0.25) is 9.36 Å². The molecular weight excluding hydrogens is 292 g/mol. The van der Waals surface area contributed by atoms with Crippen LogP contribution in [-0.4, -0.2) is 34.6 Å². The molecule has 2 aliphatic rings. The summed E-state index contributed by atoms with van der Waals surface area (Å²) in [6.45, 7) is 1.77. The monoisotopic (exact) mass is 314 g/mol. The average Bonchev–Trinajstić information content (AvgIpc) is 3.25. The number of aromatic amines is 1. The molecule has 23 heavy (non-hydrogen) atoms. The summed E-state index contributed by atoms with van der Waals surface area (Å²) in [7, 11) is 0. The Balaban J connectivity index is 1.63. The summed E-state index contributed by atoms with van der Waals surface area (Å²) in [6, 6.07) is 5.99. The Morgan fingerprint density at radius 3 is 2.78 bits per heavy atom. The molecule has 0 spiro atoms. The molecule has 0 radical (unpaired) electrons. The lowest BCUT2D eigenvalue weighted by Crippen LogP contribution is -2.36. The van der Waals surface area contributed by atoms with Crippen LogP contribution in [0.5, 0.6) is 0 Å². The van der Waals surface area contributed by atoms with E-state index in [1.165, 1.54) is 12.8 Å². The van der Waals surface area contributed by atoms with Crippen LogP contribution in [0.3, 0.4) is 0 Å². The summed E-state index contributed by atoms with van der Waals surface area (Å²) < 4.78 is 1.87. The van der Waals surface area contributed by atoms with Gasteiger partial charge in [0, 0.05) is 24.2 Å². The van der Waals surface area contributed by atoms with E-state index < -0.39 is 0 Å². The molecule has 1 aromatic heterocycles. The Bertz CT molecular complexity index is 779. The minimum Gasteiger partial charge on any atom is -0.348 e. The van der Waals surface area contributed by atoms with Crippen LogP contribution in [0.1, 0.15) is 48.5 Å². The quantitative estimate of drug-likeness (QED) is 0.804. The zero-order chi connectivity index (χ0) is 15.8. The van der Waals surface area contributed by atoms with E-state index in [9.17, 15) is 9.59 Å². The maximum atomic E-state index is 12.4. The number of carbonyl (C=O) groups is 1. The lowest BCUT2D eigenvalue weighted by molar-refractivity contribution is 0.0940. The van der Waals surface area contributed by atoms with Gasteiger partial charge in [-0.1, -0.05) is 12.8 Å². The predicted molar refractivity (Wildman–Crippen MR) is 88.8 cm³/mol. The fourth-order valence-electron chi connectivity index (χ4n) is 3.84. The Hall–Kier alpha value is -2.08. The van der Waals surface area contributed by atoms with Gasteiger partial charge in [0.2, 0.25) is 0 Å². The molecule has 1 unspecified atom stereocenters. The molecule has 6 heteroatoms. The average molecular weight is 314 g/mol. The molecule has 2 fully saturated rings.